The van der Waals surface area contributed by atoms with E-state index in [1.807, 2.05) is 25.5 Å². The van der Waals surface area contributed by atoms with E-state index < -0.39 is 0 Å². The van der Waals surface area contributed by atoms with E-state index in [9.17, 15) is 4.79 Å². The zero-order valence-electron chi connectivity index (χ0n) is 16.7. The van der Waals surface area contributed by atoms with E-state index in [-0.39, 0.29) is 18.1 Å². The average molecular weight is 408 g/mol. The zero-order chi connectivity index (χ0) is 20.7. The van der Waals surface area contributed by atoms with Crippen molar-refractivity contribution in [2.45, 2.75) is 20.4 Å². The molecule has 0 radical (unpaired) electrons. The monoisotopic (exact) mass is 407 g/mol. The van der Waals surface area contributed by atoms with Gasteiger partial charge < -0.3 is 10.6 Å². The first-order valence-electron chi connectivity index (χ1n) is 9.05. The molecule has 2 N–H and O–H groups in total. The molecule has 4 rings (SSSR count). The summed E-state index contributed by atoms with van der Waals surface area (Å²) in [6.07, 6.45) is 1.53. The molecule has 0 aliphatic carbocycles. The summed E-state index contributed by atoms with van der Waals surface area (Å²) in [5, 5.41) is 2.59. The molecule has 0 aliphatic heterocycles. The molecule has 1 aromatic carbocycles. The Morgan fingerprint density at radius 3 is 2.66 bits per heavy atom. The third-order valence-corrected chi connectivity index (χ3v) is 5.66. The highest BCUT2D eigenvalue weighted by Crippen LogP contribution is 2.31. The maximum absolute atomic E-state index is 13.3. The van der Waals surface area contributed by atoms with Crippen LogP contribution in [0.2, 0.25) is 0 Å². The largest absolute Gasteiger partial charge is 0.368 e. The molecule has 0 atom stereocenters. The number of anilines is 2. The van der Waals surface area contributed by atoms with Gasteiger partial charge in [0, 0.05) is 25.0 Å². The first-order valence-corrected chi connectivity index (χ1v) is 9.93. The number of nitrogens with zero attached hydrogens (tertiary/aromatic N) is 6. The summed E-state index contributed by atoms with van der Waals surface area (Å²) in [6.45, 7) is 4.30. The molecule has 0 aliphatic rings. The fraction of sp³-hybridized carbons (Fsp3) is 0.250. The van der Waals surface area contributed by atoms with Crippen LogP contribution in [0.25, 0.3) is 21.3 Å². The summed E-state index contributed by atoms with van der Waals surface area (Å²) in [4.78, 5) is 32.8. The van der Waals surface area contributed by atoms with E-state index >= 15 is 0 Å². The fourth-order valence-electron chi connectivity index (χ4n) is 3.05. The molecule has 0 amide bonds. The second kappa shape index (κ2) is 7.25. The number of rotatable bonds is 4. The van der Waals surface area contributed by atoms with Crippen LogP contribution in [0.5, 0.6) is 0 Å². The number of hydrogen-bond donors (Lipinski definition) is 1. The first kappa shape index (κ1) is 19.0. The van der Waals surface area contributed by atoms with Crippen molar-refractivity contribution >= 4 is 33.5 Å². The van der Waals surface area contributed by atoms with Gasteiger partial charge in [0.1, 0.15) is 4.83 Å². The highest BCUT2D eigenvalue weighted by Gasteiger charge is 2.15. The van der Waals surface area contributed by atoms with Crippen molar-refractivity contribution in [3.8, 4) is 11.1 Å². The Bertz CT molecular complexity index is 1280. The standard InChI is InChI=1S/C20H21N7OS/c1-11-5-6-13(7-12(11)2)14-9-29-17-16(14)18(28)27(10-22-17)8-15-23-19(21)25-20(24-15)26(3)4/h5-7,9-10H,8H2,1-4H3,(H2,21,23,24,25). The predicted molar refractivity (Wildman–Crippen MR) is 116 cm³/mol. The predicted octanol–water partition coefficient (Wildman–Crippen LogP) is 2.62. The van der Waals surface area contributed by atoms with Crippen LogP contribution in [0.15, 0.2) is 34.7 Å². The topological polar surface area (TPSA) is 103 Å². The molecule has 0 spiro atoms. The van der Waals surface area contributed by atoms with Crippen molar-refractivity contribution in [3.63, 3.8) is 0 Å². The molecule has 0 saturated carbocycles. The molecule has 29 heavy (non-hydrogen) atoms. The maximum atomic E-state index is 13.3. The minimum absolute atomic E-state index is 0.118. The Labute approximate surface area is 171 Å². The van der Waals surface area contributed by atoms with Crippen molar-refractivity contribution in [3.05, 3.63) is 57.2 Å². The Morgan fingerprint density at radius 2 is 1.93 bits per heavy atom. The third kappa shape index (κ3) is 3.56. The molecule has 4 aromatic rings. The molecular formula is C20H21N7OS. The second-order valence-corrected chi connectivity index (χ2v) is 7.97. The van der Waals surface area contributed by atoms with E-state index in [1.54, 1.807) is 4.90 Å². The van der Waals surface area contributed by atoms with Crippen LogP contribution >= 0.6 is 11.3 Å². The molecule has 0 saturated heterocycles. The van der Waals surface area contributed by atoms with Gasteiger partial charge >= 0.3 is 0 Å². The van der Waals surface area contributed by atoms with Crippen molar-refractivity contribution < 1.29 is 0 Å². The summed E-state index contributed by atoms with van der Waals surface area (Å²) in [5.74, 6) is 0.973. The van der Waals surface area contributed by atoms with E-state index in [4.69, 9.17) is 5.73 Å². The molecule has 0 bridgehead atoms. The van der Waals surface area contributed by atoms with Crippen molar-refractivity contribution in [2.75, 3.05) is 24.7 Å². The molecule has 8 nitrogen and oxygen atoms in total. The van der Waals surface area contributed by atoms with Crippen LogP contribution in [0.1, 0.15) is 17.0 Å². The first-order chi connectivity index (χ1) is 13.8. The Hall–Kier alpha value is -3.33. The molecule has 9 heteroatoms. The SMILES string of the molecule is Cc1ccc(-c2csc3ncn(Cc4nc(N)nc(N(C)C)n4)c(=O)c23)cc1C. The number of nitrogen functional groups attached to an aromatic ring is 1. The lowest BCUT2D eigenvalue weighted by molar-refractivity contribution is 0.701. The van der Waals surface area contributed by atoms with Gasteiger partial charge in [0.25, 0.3) is 5.56 Å². The van der Waals surface area contributed by atoms with Crippen LogP contribution in [-0.2, 0) is 6.54 Å². The molecule has 0 fully saturated rings. The van der Waals surface area contributed by atoms with Gasteiger partial charge in [-0.05, 0) is 30.5 Å². The van der Waals surface area contributed by atoms with Gasteiger partial charge in [-0.1, -0.05) is 18.2 Å². The highest BCUT2D eigenvalue weighted by atomic mass is 32.1. The lowest BCUT2D eigenvalue weighted by atomic mass is 10.0. The second-order valence-electron chi connectivity index (χ2n) is 7.11. The smallest absolute Gasteiger partial charge is 0.263 e. The third-order valence-electron chi connectivity index (χ3n) is 4.78. The lowest BCUT2D eigenvalue weighted by Gasteiger charge is -2.12. The van der Waals surface area contributed by atoms with E-state index in [2.05, 4.69) is 45.9 Å². The number of nitrogens with two attached hydrogens (primary N) is 1. The number of thiophene rings is 1. The van der Waals surface area contributed by atoms with Crippen LogP contribution < -0.4 is 16.2 Å². The van der Waals surface area contributed by atoms with Crippen LogP contribution in [0, 0.1) is 13.8 Å². The Morgan fingerprint density at radius 1 is 1.14 bits per heavy atom. The lowest BCUT2D eigenvalue weighted by Crippen LogP contribution is -2.23. The Balaban J connectivity index is 1.81. The quantitative estimate of drug-likeness (QED) is 0.555. The van der Waals surface area contributed by atoms with E-state index in [1.165, 1.54) is 33.4 Å². The molecular weight excluding hydrogens is 386 g/mol. The van der Waals surface area contributed by atoms with Crippen LogP contribution in [0.4, 0.5) is 11.9 Å². The van der Waals surface area contributed by atoms with Gasteiger partial charge in [-0.25, -0.2) is 4.98 Å². The minimum Gasteiger partial charge on any atom is -0.368 e. The number of aromatic nitrogens is 5. The summed E-state index contributed by atoms with van der Waals surface area (Å²) >= 11 is 1.46. The van der Waals surface area contributed by atoms with Gasteiger partial charge in [-0.2, -0.15) is 15.0 Å². The molecule has 3 aromatic heterocycles. The number of benzene rings is 1. The summed E-state index contributed by atoms with van der Waals surface area (Å²) < 4.78 is 1.51. The zero-order valence-corrected chi connectivity index (χ0v) is 17.5. The summed E-state index contributed by atoms with van der Waals surface area (Å²) in [7, 11) is 3.64. The molecule has 3 heterocycles. The van der Waals surface area contributed by atoms with Crippen LogP contribution in [0.3, 0.4) is 0 Å². The van der Waals surface area contributed by atoms with E-state index in [0.717, 1.165) is 11.1 Å². The van der Waals surface area contributed by atoms with Crippen LogP contribution in [-0.4, -0.2) is 38.6 Å². The number of aryl methyl sites for hydroxylation is 2. The highest BCUT2D eigenvalue weighted by molar-refractivity contribution is 7.17. The summed E-state index contributed by atoms with van der Waals surface area (Å²) in [5.41, 5.74) is 9.97. The van der Waals surface area contributed by atoms with Gasteiger partial charge in [-0.3, -0.25) is 9.36 Å². The van der Waals surface area contributed by atoms with Gasteiger partial charge in [0.15, 0.2) is 5.82 Å². The maximum Gasteiger partial charge on any atom is 0.263 e. The van der Waals surface area contributed by atoms with Crippen molar-refractivity contribution in [1.29, 1.82) is 0 Å². The minimum atomic E-state index is -0.130. The van der Waals surface area contributed by atoms with Gasteiger partial charge in [-0.15, -0.1) is 11.3 Å². The fourth-order valence-corrected chi connectivity index (χ4v) is 3.96. The normalized spacial score (nSPS) is 11.2. The van der Waals surface area contributed by atoms with Crippen molar-refractivity contribution in [1.82, 2.24) is 24.5 Å². The van der Waals surface area contributed by atoms with E-state index in [0.29, 0.717) is 22.0 Å². The number of fused-ring (bicyclic) bond motifs is 1. The molecule has 0 unspecified atom stereocenters. The summed E-state index contributed by atoms with van der Waals surface area (Å²) in [6, 6.07) is 6.21. The Kier molecular flexibility index (Phi) is 4.75. The average Bonchev–Trinajstić information content (AvgIpc) is 3.10. The molecule has 148 valence electrons. The van der Waals surface area contributed by atoms with Gasteiger partial charge in [0.2, 0.25) is 11.9 Å². The number of hydrogen-bond acceptors (Lipinski definition) is 8. The van der Waals surface area contributed by atoms with Gasteiger partial charge in [0.05, 0.1) is 18.3 Å². The van der Waals surface area contributed by atoms with Crippen molar-refractivity contribution in [2.24, 2.45) is 0 Å².